The molecule has 0 saturated heterocycles. The zero-order chi connectivity index (χ0) is 22.5. The molecule has 0 heterocycles. The number of alkyl halides is 6. The van der Waals surface area contributed by atoms with Gasteiger partial charge in [0, 0.05) is 12.6 Å². The van der Waals surface area contributed by atoms with E-state index >= 15 is 0 Å². The largest absolute Gasteiger partial charge is 0.573 e. The number of benzene rings is 2. The number of ether oxygens (including phenoxy) is 1. The lowest BCUT2D eigenvalue weighted by Gasteiger charge is -2.10. The SMILES string of the molecule is O=C(CSc1ccc(C(F)(F)F)cc1[N+](=O)[O-])NCc1ccc(OC(F)(F)F)cc1. The minimum atomic E-state index is -4.83. The molecule has 2 rings (SSSR count). The van der Waals surface area contributed by atoms with Gasteiger partial charge < -0.3 is 10.1 Å². The summed E-state index contributed by atoms with van der Waals surface area (Å²) in [6.07, 6.45) is -9.57. The summed E-state index contributed by atoms with van der Waals surface area (Å²) in [6.45, 7) is -0.0409. The molecule has 1 N–H and O–H groups in total. The predicted molar refractivity (Wildman–Crippen MR) is 93.8 cm³/mol. The molecule has 0 fully saturated rings. The van der Waals surface area contributed by atoms with Gasteiger partial charge in [0.05, 0.1) is 21.1 Å². The number of halogens is 6. The molecule has 0 radical (unpaired) electrons. The molecule has 2 aromatic carbocycles. The lowest BCUT2D eigenvalue weighted by atomic mass is 10.2. The van der Waals surface area contributed by atoms with E-state index in [1.54, 1.807) is 0 Å². The Labute approximate surface area is 169 Å². The second-order valence-corrected chi connectivity index (χ2v) is 6.71. The molecular formula is C17H12F6N2O4S. The Morgan fingerprint density at radius 3 is 2.23 bits per heavy atom. The first kappa shape index (κ1) is 23.3. The molecule has 1 amide bonds. The number of hydrogen-bond donors (Lipinski definition) is 1. The van der Waals surface area contributed by atoms with E-state index in [1.807, 2.05) is 0 Å². The quantitative estimate of drug-likeness (QED) is 0.278. The highest BCUT2D eigenvalue weighted by atomic mass is 32.2. The van der Waals surface area contributed by atoms with Crippen LogP contribution >= 0.6 is 11.8 Å². The Morgan fingerprint density at radius 1 is 1.07 bits per heavy atom. The molecule has 0 aliphatic heterocycles. The first-order chi connectivity index (χ1) is 13.8. The van der Waals surface area contributed by atoms with Gasteiger partial charge in [0.2, 0.25) is 5.91 Å². The highest BCUT2D eigenvalue weighted by Gasteiger charge is 2.33. The average molecular weight is 454 g/mol. The Hall–Kier alpha value is -2.96. The minimum Gasteiger partial charge on any atom is -0.406 e. The van der Waals surface area contributed by atoms with Crippen LogP contribution in [0.15, 0.2) is 47.4 Å². The van der Waals surface area contributed by atoms with Gasteiger partial charge in [0.25, 0.3) is 5.69 Å². The lowest BCUT2D eigenvalue weighted by Crippen LogP contribution is -2.24. The summed E-state index contributed by atoms with van der Waals surface area (Å²) in [6, 6.07) is 6.72. The van der Waals surface area contributed by atoms with Gasteiger partial charge >= 0.3 is 12.5 Å². The van der Waals surface area contributed by atoms with Crippen molar-refractivity contribution >= 4 is 23.4 Å². The molecule has 13 heteroatoms. The van der Waals surface area contributed by atoms with Gasteiger partial charge in [-0.3, -0.25) is 14.9 Å². The number of nitrogens with one attached hydrogen (secondary N) is 1. The molecule has 0 bridgehead atoms. The van der Waals surface area contributed by atoms with Crippen molar-refractivity contribution in [3.05, 3.63) is 63.7 Å². The molecule has 0 aliphatic carbocycles. The smallest absolute Gasteiger partial charge is 0.406 e. The second kappa shape index (κ2) is 9.24. The molecule has 2 aromatic rings. The van der Waals surface area contributed by atoms with Crippen molar-refractivity contribution in [1.29, 1.82) is 0 Å². The number of carbonyl (C=O) groups is 1. The van der Waals surface area contributed by atoms with Gasteiger partial charge in [-0.15, -0.1) is 24.9 Å². The number of nitro benzene ring substituents is 1. The minimum absolute atomic E-state index is 0.0409. The molecule has 0 aliphatic rings. The van der Waals surface area contributed by atoms with Gasteiger partial charge in [-0.2, -0.15) is 13.2 Å². The summed E-state index contributed by atoms with van der Waals surface area (Å²) in [5.74, 6) is -1.32. The first-order valence-electron chi connectivity index (χ1n) is 7.95. The summed E-state index contributed by atoms with van der Waals surface area (Å²) < 4.78 is 78.1. The van der Waals surface area contributed by atoms with E-state index in [0.29, 0.717) is 29.5 Å². The topological polar surface area (TPSA) is 81.5 Å². The lowest BCUT2D eigenvalue weighted by molar-refractivity contribution is -0.388. The first-order valence-corrected chi connectivity index (χ1v) is 8.93. The summed E-state index contributed by atoms with van der Waals surface area (Å²) >= 11 is 0.681. The summed E-state index contributed by atoms with van der Waals surface area (Å²) in [5.41, 5.74) is -1.49. The maximum atomic E-state index is 12.7. The zero-order valence-electron chi connectivity index (χ0n) is 14.7. The molecule has 0 atom stereocenters. The summed E-state index contributed by atoms with van der Waals surface area (Å²) in [7, 11) is 0. The number of nitrogens with zero attached hydrogens (tertiary/aromatic N) is 1. The number of nitro groups is 1. The van der Waals surface area contributed by atoms with Crippen LogP contribution < -0.4 is 10.1 Å². The van der Waals surface area contributed by atoms with Crippen LogP contribution in [0, 0.1) is 10.1 Å². The second-order valence-electron chi connectivity index (χ2n) is 5.69. The number of carbonyl (C=O) groups excluding carboxylic acids is 1. The van der Waals surface area contributed by atoms with Crippen molar-refractivity contribution in [1.82, 2.24) is 5.32 Å². The van der Waals surface area contributed by atoms with Crippen LogP contribution in [0.1, 0.15) is 11.1 Å². The third-order valence-corrected chi connectivity index (χ3v) is 4.55. The molecule has 0 unspecified atom stereocenters. The van der Waals surface area contributed by atoms with Gasteiger partial charge in [0.15, 0.2) is 0 Å². The maximum absolute atomic E-state index is 12.7. The third-order valence-electron chi connectivity index (χ3n) is 3.49. The van der Waals surface area contributed by atoms with Crippen LogP contribution in [0.2, 0.25) is 0 Å². The molecule has 0 saturated carbocycles. The molecule has 0 spiro atoms. The maximum Gasteiger partial charge on any atom is 0.573 e. The standard InChI is InChI=1S/C17H12F6N2O4S/c18-16(19,20)11-3-6-14(13(7-11)25(27)28)30-9-15(26)24-8-10-1-4-12(5-2-10)29-17(21,22)23/h1-7H,8-9H2,(H,24,26). The van der Waals surface area contributed by atoms with E-state index in [2.05, 4.69) is 10.1 Å². The number of rotatable bonds is 7. The Morgan fingerprint density at radius 2 is 1.70 bits per heavy atom. The fourth-order valence-electron chi connectivity index (χ4n) is 2.16. The highest BCUT2D eigenvalue weighted by molar-refractivity contribution is 8.00. The number of thioether (sulfide) groups is 1. The Bertz CT molecular complexity index is 916. The summed E-state index contributed by atoms with van der Waals surface area (Å²) in [4.78, 5) is 21.8. The fraction of sp³-hybridized carbons (Fsp3) is 0.235. The van der Waals surface area contributed by atoms with E-state index in [0.717, 1.165) is 18.2 Å². The molecule has 30 heavy (non-hydrogen) atoms. The predicted octanol–water partition coefficient (Wildman–Crippen LogP) is 4.92. The number of hydrogen-bond acceptors (Lipinski definition) is 5. The Balaban J connectivity index is 1.92. The zero-order valence-corrected chi connectivity index (χ0v) is 15.5. The highest BCUT2D eigenvalue weighted by Crippen LogP contribution is 2.36. The van der Waals surface area contributed by atoms with Gasteiger partial charge in [0.1, 0.15) is 5.75 Å². The van der Waals surface area contributed by atoms with E-state index in [4.69, 9.17) is 0 Å². The van der Waals surface area contributed by atoms with Crippen molar-refractivity contribution in [2.45, 2.75) is 24.0 Å². The van der Waals surface area contributed by atoms with Crippen LogP contribution in [0.5, 0.6) is 5.75 Å². The van der Waals surface area contributed by atoms with Crippen LogP contribution in [0.4, 0.5) is 32.0 Å². The number of amides is 1. The van der Waals surface area contributed by atoms with Crippen molar-refractivity contribution in [3.63, 3.8) is 0 Å². The van der Waals surface area contributed by atoms with Crippen molar-refractivity contribution in [2.75, 3.05) is 5.75 Å². The van der Waals surface area contributed by atoms with Gasteiger partial charge in [-0.1, -0.05) is 12.1 Å². The van der Waals surface area contributed by atoms with E-state index in [9.17, 15) is 41.3 Å². The van der Waals surface area contributed by atoms with E-state index in [1.165, 1.54) is 12.1 Å². The Kier molecular flexibility index (Phi) is 7.18. The van der Waals surface area contributed by atoms with Gasteiger partial charge in [-0.25, -0.2) is 0 Å². The molecule has 162 valence electrons. The van der Waals surface area contributed by atoms with Crippen molar-refractivity contribution in [3.8, 4) is 5.75 Å². The van der Waals surface area contributed by atoms with Crippen LogP contribution in [0.25, 0.3) is 0 Å². The van der Waals surface area contributed by atoms with Gasteiger partial charge in [-0.05, 0) is 29.8 Å². The van der Waals surface area contributed by atoms with Crippen molar-refractivity contribution < 1.29 is 40.8 Å². The van der Waals surface area contributed by atoms with Crippen LogP contribution in [-0.4, -0.2) is 22.9 Å². The average Bonchev–Trinajstić information content (AvgIpc) is 2.63. The normalized spacial score (nSPS) is 11.8. The van der Waals surface area contributed by atoms with E-state index in [-0.39, 0.29) is 17.2 Å². The van der Waals surface area contributed by atoms with E-state index < -0.39 is 40.4 Å². The molecular weight excluding hydrogens is 442 g/mol. The molecule has 6 nitrogen and oxygen atoms in total. The van der Waals surface area contributed by atoms with Crippen LogP contribution in [-0.2, 0) is 17.5 Å². The van der Waals surface area contributed by atoms with Crippen molar-refractivity contribution in [2.24, 2.45) is 0 Å². The van der Waals surface area contributed by atoms with Crippen LogP contribution in [0.3, 0.4) is 0 Å². The molecule has 0 aromatic heterocycles. The fourth-order valence-corrected chi connectivity index (χ4v) is 3.00. The monoisotopic (exact) mass is 454 g/mol. The third kappa shape index (κ3) is 7.13. The summed E-state index contributed by atoms with van der Waals surface area (Å²) in [5, 5.41) is 13.5.